The van der Waals surface area contributed by atoms with Gasteiger partial charge in [0.25, 0.3) is 0 Å². The summed E-state index contributed by atoms with van der Waals surface area (Å²) in [7, 11) is 0. The predicted octanol–water partition coefficient (Wildman–Crippen LogP) is 2.87. The van der Waals surface area contributed by atoms with Gasteiger partial charge in [0.15, 0.2) is 0 Å². The van der Waals surface area contributed by atoms with Gasteiger partial charge in [0.1, 0.15) is 5.82 Å². The van der Waals surface area contributed by atoms with Crippen LogP contribution in [0.15, 0.2) is 18.2 Å². The van der Waals surface area contributed by atoms with Crippen LogP contribution in [0, 0.1) is 17.7 Å². The summed E-state index contributed by atoms with van der Waals surface area (Å²) >= 11 is 0. The molecule has 82 valence electrons. The van der Waals surface area contributed by atoms with Crippen LogP contribution in [0.25, 0.3) is 0 Å². The van der Waals surface area contributed by atoms with E-state index in [1.165, 1.54) is 18.9 Å². The van der Waals surface area contributed by atoms with E-state index in [-0.39, 0.29) is 11.5 Å². The lowest BCUT2D eigenvalue weighted by atomic mass is 10.1. The molecule has 3 heteroatoms. The fourth-order valence-electron chi connectivity index (χ4n) is 1.79. The second kappa shape index (κ2) is 4.09. The van der Waals surface area contributed by atoms with Gasteiger partial charge >= 0.3 is 0 Å². The number of nitrogens with two attached hydrogens (primary N) is 1. The van der Waals surface area contributed by atoms with Crippen LogP contribution in [0.4, 0.5) is 15.8 Å². The molecule has 2 nitrogen and oxygen atoms in total. The van der Waals surface area contributed by atoms with Gasteiger partial charge in [0.05, 0.1) is 11.4 Å². The molecular weight excluding hydrogens is 191 g/mol. The summed E-state index contributed by atoms with van der Waals surface area (Å²) in [6.07, 6.45) is 2.67. The van der Waals surface area contributed by atoms with E-state index >= 15 is 0 Å². The lowest BCUT2D eigenvalue weighted by Crippen LogP contribution is -2.14. The number of hydrogen-bond acceptors (Lipinski definition) is 2. The zero-order valence-corrected chi connectivity index (χ0v) is 8.96. The summed E-state index contributed by atoms with van der Waals surface area (Å²) in [6.45, 7) is 3.10. The Bertz CT molecular complexity index is 347. The van der Waals surface area contributed by atoms with Crippen LogP contribution in [-0.4, -0.2) is 6.54 Å². The van der Waals surface area contributed by atoms with Crippen LogP contribution < -0.4 is 11.1 Å². The van der Waals surface area contributed by atoms with Crippen LogP contribution in [0.2, 0.25) is 0 Å². The minimum Gasteiger partial charge on any atom is -0.395 e. The standard InChI is InChI=1S/C12H17FN2/c1-8(9-5-6-9)7-15-11-4-2-3-10(13)12(11)14/h2-4,8-9,15H,5-7,14H2,1H3. The summed E-state index contributed by atoms with van der Waals surface area (Å²) in [5.41, 5.74) is 6.56. The molecule has 1 unspecified atom stereocenters. The number of rotatable bonds is 4. The largest absolute Gasteiger partial charge is 0.395 e. The summed E-state index contributed by atoms with van der Waals surface area (Å²) < 4.78 is 13.1. The quantitative estimate of drug-likeness (QED) is 0.747. The number of nitrogen functional groups attached to an aromatic ring is 1. The topological polar surface area (TPSA) is 38.0 Å². The Kier molecular flexibility index (Phi) is 2.80. The molecule has 1 atom stereocenters. The van der Waals surface area contributed by atoms with E-state index < -0.39 is 0 Å². The van der Waals surface area contributed by atoms with Crippen molar-refractivity contribution >= 4 is 11.4 Å². The number of anilines is 2. The molecule has 3 N–H and O–H groups in total. The van der Waals surface area contributed by atoms with Gasteiger partial charge in [0, 0.05) is 6.54 Å². The molecule has 0 amide bonds. The van der Waals surface area contributed by atoms with E-state index in [1.54, 1.807) is 6.07 Å². The third kappa shape index (κ3) is 2.41. The molecule has 0 aromatic heterocycles. The van der Waals surface area contributed by atoms with Crippen LogP contribution >= 0.6 is 0 Å². The van der Waals surface area contributed by atoms with Crippen LogP contribution in [0.1, 0.15) is 19.8 Å². The Morgan fingerprint density at radius 2 is 2.27 bits per heavy atom. The molecule has 1 aliphatic rings. The van der Waals surface area contributed by atoms with Gasteiger partial charge in [-0.3, -0.25) is 0 Å². The number of halogens is 1. The molecule has 0 heterocycles. The van der Waals surface area contributed by atoms with Gasteiger partial charge in [-0.2, -0.15) is 0 Å². The molecule has 0 bridgehead atoms. The highest BCUT2D eigenvalue weighted by molar-refractivity contribution is 5.66. The fourth-order valence-corrected chi connectivity index (χ4v) is 1.79. The molecule has 2 rings (SSSR count). The van der Waals surface area contributed by atoms with Crippen LogP contribution in [0.3, 0.4) is 0 Å². The summed E-state index contributed by atoms with van der Waals surface area (Å²) in [4.78, 5) is 0. The molecule has 0 radical (unpaired) electrons. The van der Waals surface area contributed by atoms with E-state index in [0.717, 1.165) is 12.5 Å². The molecule has 0 aliphatic heterocycles. The van der Waals surface area contributed by atoms with E-state index in [1.807, 2.05) is 6.07 Å². The average molecular weight is 208 g/mol. The second-order valence-corrected chi connectivity index (χ2v) is 4.40. The smallest absolute Gasteiger partial charge is 0.148 e. The Morgan fingerprint density at radius 3 is 2.93 bits per heavy atom. The summed E-state index contributed by atoms with van der Waals surface area (Å²) in [6, 6.07) is 4.87. The minimum atomic E-state index is -0.348. The van der Waals surface area contributed by atoms with Crippen LogP contribution in [0.5, 0.6) is 0 Å². The van der Waals surface area contributed by atoms with Crippen molar-refractivity contribution < 1.29 is 4.39 Å². The van der Waals surface area contributed by atoms with Crippen molar-refractivity contribution in [2.45, 2.75) is 19.8 Å². The Hall–Kier alpha value is -1.25. The maximum atomic E-state index is 13.1. The fraction of sp³-hybridized carbons (Fsp3) is 0.500. The van der Waals surface area contributed by atoms with Crippen molar-refractivity contribution in [3.8, 4) is 0 Å². The van der Waals surface area contributed by atoms with Gasteiger partial charge in [-0.25, -0.2) is 4.39 Å². The molecule has 0 saturated heterocycles. The zero-order valence-electron chi connectivity index (χ0n) is 8.96. The van der Waals surface area contributed by atoms with Crippen molar-refractivity contribution in [1.82, 2.24) is 0 Å². The van der Waals surface area contributed by atoms with Gasteiger partial charge in [-0.15, -0.1) is 0 Å². The normalized spacial score (nSPS) is 17.5. The van der Waals surface area contributed by atoms with Gasteiger partial charge in [0.2, 0.25) is 0 Å². The van der Waals surface area contributed by atoms with Crippen molar-refractivity contribution in [2.75, 3.05) is 17.6 Å². The molecule has 15 heavy (non-hydrogen) atoms. The van der Waals surface area contributed by atoms with Crippen LogP contribution in [-0.2, 0) is 0 Å². The lowest BCUT2D eigenvalue weighted by Gasteiger charge is -2.14. The minimum absolute atomic E-state index is 0.223. The first-order valence-electron chi connectivity index (χ1n) is 5.46. The number of nitrogens with one attached hydrogen (secondary N) is 1. The maximum Gasteiger partial charge on any atom is 0.148 e. The monoisotopic (exact) mass is 208 g/mol. The second-order valence-electron chi connectivity index (χ2n) is 4.40. The molecule has 1 aromatic carbocycles. The Balaban J connectivity index is 1.95. The van der Waals surface area contributed by atoms with Crippen molar-refractivity contribution in [3.05, 3.63) is 24.0 Å². The first kappa shape index (κ1) is 10.3. The van der Waals surface area contributed by atoms with Crippen molar-refractivity contribution in [1.29, 1.82) is 0 Å². The molecule has 1 aliphatic carbocycles. The lowest BCUT2D eigenvalue weighted by molar-refractivity contribution is 0.536. The molecule has 1 saturated carbocycles. The maximum absolute atomic E-state index is 13.1. The van der Waals surface area contributed by atoms with E-state index in [9.17, 15) is 4.39 Å². The number of para-hydroxylation sites is 1. The Labute approximate surface area is 89.7 Å². The third-order valence-electron chi connectivity index (χ3n) is 3.09. The predicted molar refractivity (Wildman–Crippen MR) is 61.2 cm³/mol. The molecule has 0 spiro atoms. The molecule has 1 fully saturated rings. The average Bonchev–Trinajstić information content (AvgIpc) is 3.03. The molecule has 1 aromatic rings. The van der Waals surface area contributed by atoms with E-state index in [2.05, 4.69) is 12.2 Å². The first-order chi connectivity index (χ1) is 7.18. The molecular formula is C12H17FN2. The van der Waals surface area contributed by atoms with E-state index in [0.29, 0.717) is 11.6 Å². The highest BCUT2D eigenvalue weighted by Gasteiger charge is 2.27. The van der Waals surface area contributed by atoms with E-state index in [4.69, 9.17) is 5.73 Å². The summed E-state index contributed by atoms with van der Waals surface area (Å²) in [5.74, 6) is 1.15. The highest BCUT2D eigenvalue weighted by Crippen LogP contribution is 2.36. The summed E-state index contributed by atoms with van der Waals surface area (Å²) in [5, 5.41) is 3.21. The SMILES string of the molecule is CC(CNc1cccc(F)c1N)C1CC1. The number of benzene rings is 1. The first-order valence-corrected chi connectivity index (χ1v) is 5.46. The third-order valence-corrected chi connectivity index (χ3v) is 3.09. The number of hydrogen-bond donors (Lipinski definition) is 2. The highest BCUT2D eigenvalue weighted by atomic mass is 19.1. The Morgan fingerprint density at radius 1 is 1.53 bits per heavy atom. The van der Waals surface area contributed by atoms with Crippen molar-refractivity contribution in [2.24, 2.45) is 11.8 Å². The van der Waals surface area contributed by atoms with Gasteiger partial charge in [-0.1, -0.05) is 13.0 Å². The van der Waals surface area contributed by atoms with Gasteiger partial charge < -0.3 is 11.1 Å². The van der Waals surface area contributed by atoms with Gasteiger partial charge in [-0.05, 0) is 36.8 Å². The zero-order chi connectivity index (χ0) is 10.8. The van der Waals surface area contributed by atoms with Crippen molar-refractivity contribution in [3.63, 3.8) is 0 Å².